The fraction of sp³-hybridized carbons (Fsp3) is 0.786. The predicted molar refractivity (Wildman–Crippen MR) is 82.0 cm³/mol. The van der Waals surface area contributed by atoms with Gasteiger partial charge in [0.2, 0.25) is 5.91 Å². The number of aryl methyl sites for hydroxylation is 1. The van der Waals surface area contributed by atoms with Crippen molar-refractivity contribution in [2.45, 2.75) is 58.5 Å². The molecule has 1 aliphatic rings. The Hall–Kier alpha value is -1.04. The van der Waals surface area contributed by atoms with E-state index in [-0.39, 0.29) is 11.9 Å². The Bertz CT molecular complexity index is 458. The van der Waals surface area contributed by atoms with Crippen LogP contribution < -0.4 is 5.32 Å². The lowest BCUT2D eigenvalue weighted by atomic mass is 10.1. The number of hydrogen-bond acceptors (Lipinski definition) is 4. The molecule has 0 radical (unpaired) electrons. The molecule has 1 aromatic rings. The Labute approximate surface area is 124 Å². The predicted octanol–water partition coefficient (Wildman–Crippen LogP) is 1.98. The monoisotopic (exact) mass is 296 g/mol. The summed E-state index contributed by atoms with van der Waals surface area (Å²) in [4.78, 5) is 11.9. The van der Waals surface area contributed by atoms with E-state index in [2.05, 4.69) is 40.9 Å². The van der Waals surface area contributed by atoms with E-state index < -0.39 is 0 Å². The first-order valence-corrected chi connectivity index (χ1v) is 8.56. The molecule has 0 saturated heterocycles. The van der Waals surface area contributed by atoms with Crippen molar-refractivity contribution in [3.05, 3.63) is 11.6 Å². The third-order valence-corrected chi connectivity index (χ3v) is 4.44. The third kappa shape index (κ3) is 3.75. The van der Waals surface area contributed by atoms with Gasteiger partial charge in [0.1, 0.15) is 11.6 Å². The molecule has 2 rings (SSSR count). The van der Waals surface area contributed by atoms with Crippen LogP contribution in [0.4, 0.5) is 0 Å². The molecular formula is C14H24N4OS. The summed E-state index contributed by atoms with van der Waals surface area (Å²) in [6.45, 7) is 7.18. The summed E-state index contributed by atoms with van der Waals surface area (Å²) in [7, 11) is 0. The zero-order valence-electron chi connectivity index (χ0n) is 12.6. The standard InChI is InChI=1S/C14H24N4OS/c1-4-20-8-7-13(19)15-11-5-6-12-16-17-14(10(2)3)18(12)9-11/h10-11H,4-9H2,1-3H3,(H,15,19)/t11-/m1/s1. The molecule has 0 unspecified atom stereocenters. The Morgan fingerprint density at radius 1 is 1.50 bits per heavy atom. The van der Waals surface area contributed by atoms with Crippen LogP contribution in [0.15, 0.2) is 0 Å². The molecular weight excluding hydrogens is 272 g/mol. The van der Waals surface area contributed by atoms with Crippen molar-refractivity contribution in [3.63, 3.8) is 0 Å². The van der Waals surface area contributed by atoms with Crippen LogP contribution in [-0.4, -0.2) is 38.2 Å². The van der Waals surface area contributed by atoms with Crippen LogP contribution in [-0.2, 0) is 17.8 Å². The lowest BCUT2D eigenvalue weighted by molar-refractivity contribution is -0.121. The molecule has 112 valence electrons. The van der Waals surface area contributed by atoms with Gasteiger partial charge in [-0.25, -0.2) is 0 Å². The van der Waals surface area contributed by atoms with Gasteiger partial charge in [0.05, 0.1) is 0 Å². The number of thioether (sulfide) groups is 1. The number of amides is 1. The van der Waals surface area contributed by atoms with Gasteiger partial charge in [-0.2, -0.15) is 11.8 Å². The van der Waals surface area contributed by atoms with Gasteiger partial charge in [-0.1, -0.05) is 20.8 Å². The number of carbonyl (C=O) groups is 1. The summed E-state index contributed by atoms with van der Waals surface area (Å²) in [5.41, 5.74) is 0. The van der Waals surface area contributed by atoms with Gasteiger partial charge in [0.25, 0.3) is 0 Å². The normalized spacial score (nSPS) is 18.1. The first-order valence-electron chi connectivity index (χ1n) is 7.40. The second kappa shape index (κ2) is 7.11. The molecule has 0 bridgehead atoms. The van der Waals surface area contributed by atoms with Crippen LogP contribution in [0, 0.1) is 0 Å². The highest BCUT2D eigenvalue weighted by atomic mass is 32.2. The van der Waals surface area contributed by atoms with E-state index in [4.69, 9.17) is 0 Å². The number of fused-ring (bicyclic) bond motifs is 1. The van der Waals surface area contributed by atoms with E-state index >= 15 is 0 Å². The molecule has 20 heavy (non-hydrogen) atoms. The largest absolute Gasteiger partial charge is 0.352 e. The number of nitrogens with one attached hydrogen (secondary N) is 1. The summed E-state index contributed by atoms with van der Waals surface area (Å²) < 4.78 is 2.18. The van der Waals surface area contributed by atoms with Crippen molar-refractivity contribution in [2.24, 2.45) is 0 Å². The van der Waals surface area contributed by atoms with Crippen molar-refractivity contribution in [3.8, 4) is 0 Å². The first kappa shape index (κ1) is 15.4. The average Bonchev–Trinajstić information content (AvgIpc) is 2.82. The number of nitrogens with zero attached hydrogens (tertiary/aromatic N) is 3. The first-order chi connectivity index (χ1) is 9.61. The number of hydrogen-bond donors (Lipinski definition) is 1. The van der Waals surface area contributed by atoms with E-state index in [0.29, 0.717) is 12.3 Å². The molecule has 0 fully saturated rings. The van der Waals surface area contributed by atoms with E-state index in [9.17, 15) is 4.79 Å². The molecule has 2 heterocycles. The molecule has 1 aromatic heterocycles. The fourth-order valence-electron chi connectivity index (χ4n) is 2.50. The van der Waals surface area contributed by atoms with Gasteiger partial charge in [-0.05, 0) is 12.2 Å². The van der Waals surface area contributed by atoms with Gasteiger partial charge in [-0.3, -0.25) is 4.79 Å². The van der Waals surface area contributed by atoms with Gasteiger partial charge in [0.15, 0.2) is 0 Å². The Kier molecular flexibility index (Phi) is 5.46. The maximum Gasteiger partial charge on any atom is 0.221 e. The summed E-state index contributed by atoms with van der Waals surface area (Å²) in [6, 6.07) is 0.218. The lowest BCUT2D eigenvalue weighted by Gasteiger charge is -2.26. The summed E-state index contributed by atoms with van der Waals surface area (Å²) >= 11 is 1.81. The molecule has 0 saturated carbocycles. The van der Waals surface area contributed by atoms with Crippen LogP contribution in [0.3, 0.4) is 0 Å². The Balaban J connectivity index is 1.90. The molecule has 1 aliphatic heterocycles. The molecule has 1 atom stereocenters. The van der Waals surface area contributed by atoms with E-state index in [1.807, 2.05) is 11.8 Å². The quantitative estimate of drug-likeness (QED) is 0.815. The third-order valence-electron chi connectivity index (χ3n) is 3.53. The van der Waals surface area contributed by atoms with Crippen LogP contribution in [0.25, 0.3) is 0 Å². The highest BCUT2D eigenvalue weighted by molar-refractivity contribution is 7.99. The number of carbonyl (C=O) groups excluding carboxylic acids is 1. The maximum absolute atomic E-state index is 11.9. The summed E-state index contributed by atoms with van der Waals surface area (Å²) in [6.07, 6.45) is 2.47. The van der Waals surface area contributed by atoms with Crippen LogP contribution >= 0.6 is 11.8 Å². The molecule has 0 aliphatic carbocycles. The smallest absolute Gasteiger partial charge is 0.221 e. The lowest BCUT2D eigenvalue weighted by Crippen LogP contribution is -2.41. The maximum atomic E-state index is 11.9. The second-order valence-corrected chi connectivity index (χ2v) is 6.88. The van der Waals surface area contributed by atoms with E-state index in [1.54, 1.807) is 0 Å². The van der Waals surface area contributed by atoms with Gasteiger partial charge < -0.3 is 9.88 Å². The highest BCUT2D eigenvalue weighted by Gasteiger charge is 2.24. The molecule has 1 N–H and O–H groups in total. The van der Waals surface area contributed by atoms with Gasteiger partial charge in [0, 0.05) is 37.1 Å². The minimum atomic E-state index is 0.165. The van der Waals surface area contributed by atoms with E-state index in [0.717, 1.165) is 42.5 Å². The van der Waals surface area contributed by atoms with Gasteiger partial charge in [-0.15, -0.1) is 10.2 Å². The molecule has 0 spiro atoms. The Morgan fingerprint density at radius 3 is 3.00 bits per heavy atom. The van der Waals surface area contributed by atoms with Crippen molar-refractivity contribution in [2.75, 3.05) is 11.5 Å². The number of rotatable bonds is 6. The summed E-state index contributed by atoms with van der Waals surface area (Å²) in [5.74, 6) is 4.59. The van der Waals surface area contributed by atoms with Crippen molar-refractivity contribution < 1.29 is 4.79 Å². The fourth-order valence-corrected chi connectivity index (χ4v) is 3.12. The molecule has 6 heteroatoms. The topological polar surface area (TPSA) is 59.8 Å². The van der Waals surface area contributed by atoms with Gasteiger partial charge >= 0.3 is 0 Å². The average molecular weight is 296 g/mol. The molecule has 0 aromatic carbocycles. The highest BCUT2D eigenvalue weighted by Crippen LogP contribution is 2.20. The van der Waals surface area contributed by atoms with Crippen molar-refractivity contribution >= 4 is 17.7 Å². The van der Waals surface area contributed by atoms with Crippen molar-refractivity contribution in [1.82, 2.24) is 20.1 Å². The van der Waals surface area contributed by atoms with Crippen LogP contribution in [0.2, 0.25) is 0 Å². The Morgan fingerprint density at radius 2 is 2.30 bits per heavy atom. The molecule has 5 nitrogen and oxygen atoms in total. The second-order valence-electron chi connectivity index (χ2n) is 5.49. The minimum Gasteiger partial charge on any atom is -0.352 e. The SMILES string of the molecule is CCSCCC(=O)N[C@@H]1CCc2nnc(C(C)C)n2C1. The summed E-state index contributed by atoms with van der Waals surface area (Å²) in [5, 5.41) is 11.7. The number of aromatic nitrogens is 3. The minimum absolute atomic E-state index is 0.165. The zero-order valence-corrected chi connectivity index (χ0v) is 13.4. The van der Waals surface area contributed by atoms with E-state index in [1.165, 1.54) is 0 Å². The van der Waals surface area contributed by atoms with Crippen LogP contribution in [0.1, 0.15) is 51.2 Å². The molecule has 1 amide bonds. The van der Waals surface area contributed by atoms with Crippen LogP contribution in [0.5, 0.6) is 0 Å². The van der Waals surface area contributed by atoms with Crippen molar-refractivity contribution in [1.29, 1.82) is 0 Å². The zero-order chi connectivity index (χ0) is 14.5.